The van der Waals surface area contributed by atoms with E-state index in [0.717, 1.165) is 33.4 Å². The fraction of sp³-hybridized carbons (Fsp3) is 0.118. The van der Waals surface area contributed by atoms with Gasteiger partial charge in [-0.15, -0.1) is 0 Å². The first kappa shape index (κ1) is 13.1. The third-order valence-corrected chi connectivity index (χ3v) is 4.04. The number of aliphatic hydroxyl groups excluding tert-OH is 2. The number of para-hydroxylation sites is 1. The van der Waals surface area contributed by atoms with Crippen molar-refractivity contribution < 1.29 is 10.2 Å². The molecule has 0 aliphatic rings. The van der Waals surface area contributed by atoms with Crippen molar-refractivity contribution in [3.05, 3.63) is 66.0 Å². The summed E-state index contributed by atoms with van der Waals surface area (Å²) in [5, 5.41) is 24.8. The van der Waals surface area contributed by atoms with Crippen LogP contribution in [0.15, 0.2) is 54.9 Å². The molecule has 1 aromatic carbocycles. The Morgan fingerprint density at radius 2 is 1.68 bits per heavy atom. The molecule has 0 aliphatic heterocycles. The SMILES string of the molecule is OCc1c(CO)c2cccn2c2c1cnn2-c1ccccc1. The van der Waals surface area contributed by atoms with E-state index in [2.05, 4.69) is 5.10 Å². The smallest absolute Gasteiger partial charge is 0.148 e. The molecule has 3 heterocycles. The molecule has 5 nitrogen and oxygen atoms in total. The Kier molecular flexibility index (Phi) is 2.96. The van der Waals surface area contributed by atoms with Gasteiger partial charge in [0, 0.05) is 17.1 Å². The Bertz CT molecular complexity index is 954. The maximum atomic E-state index is 9.77. The Hall–Kier alpha value is -2.63. The number of pyridine rings is 1. The summed E-state index contributed by atoms with van der Waals surface area (Å²) in [7, 11) is 0. The Morgan fingerprint density at radius 1 is 0.909 bits per heavy atom. The van der Waals surface area contributed by atoms with E-state index in [-0.39, 0.29) is 13.2 Å². The first-order valence-electron chi connectivity index (χ1n) is 7.11. The molecule has 0 atom stereocenters. The molecule has 0 radical (unpaired) electrons. The second-order valence-electron chi connectivity index (χ2n) is 5.17. The third kappa shape index (κ3) is 1.70. The van der Waals surface area contributed by atoms with Crippen molar-refractivity contribution in [2.75, 3.05) is 0 Å². The van der Waals surface area contributed by atoms with Crippen LogP contribution in [0.3, 0.4) is 0 Å². The lowest BCUT2D eigenvalue weighted by Crippen LogP contribution is -2.04. The average molecular weight is 293 g/mol. The van der Waals surface area contributed by atoms with Crippen LogP contribution in [0.4, 0.5) is 0 Å². The van der Waals surface area contributed by atoms with Crippen LogP contribution in [0.25, 0.3) is 22.2 Å². The summed E-state index contributed by atoms with van der Waals surface area (Å²) in [6.45, 7) is -0.246. The van der Waals surface area contributed by atoms with Gasteiger partial charge in [-0.05, 0) is 29.8 Å². The van der Waals surface area contributed by atoms with Crippen LogP contribution in [0.5, 0.6) is 0 Å². The molecule has 0 fully saturated rings. The molecule has 0 saturated heterocycles. The lowest BCUT2D eigenvalue weighted by molar-refractivity contribution is 0.262. The molecule has 0 amide bonds. The van der Waals surface area contributed by atoms with Crippen molar-refractivity contribution in [2.45, 2.75) is 13.2 Å². The number of aromatic nitrogens is 3. The molecule has 4 rings (SSSR count). The van der Waals surface area contributed by atoms with Gasteiger partial charge in [0.15, 0.2) is 0 Å². The van der Waals surface area contributed by atoms with E-state index < -0.39 is 0 Å². The second-order valence-corrected chi connectivity index (χ2v) is 5.17. The van der Waals surface area contributed by atoms with Gasteiger partial charge in [0.2, 0.25) is 0 Å². The molecule has 5 heteroatoms. The van der Waals surface area contributed by atoms with E-state index in [0.29, 0.717) is 0 Å². The molecule has 0 bridgehead atoms. The molecule has 110 valence electrons. The predicted octanol–water partition coefficient (Wildman–Crippen LogP) is 2.26. The largest absolute Gasteiger partial charge is 0.392 e. The molecular weight excluding hydrogens is 278 g/mol. The van der Waals surface area contributed by atoms with Gasteiger partial charge in [-0.3, -0.25) is 0 Å². The van der Waals surface area contributed by atoms with Gasteiger partial charge >= 0.3 is 0 Å². The van der Waals surface area contributed by atoms with Crippen LogP contribution in [-0.2, 0) is 13.2 Å². The van der Waals surface area contributed by atoms with Crippen LogP contribution >= 0.6 is 0 Å². The quantitative estimate of drug-likeness (QED) is 0.609. The van der Waals surface area contributed by atoms with Crippen molar-refractivity contribution >= 4 is 16.6 Å². The summed E-state index contributed by atoms with van der Waals surface area (Å²) in [6.07, 6.45) is 3.69. The molecule has 22 heavy (non-hydrogen) atoms. The lowest BCUT2D eigenvalue weighted by atomic mass is 10.1. The summed E-state index contributed by atoms with van der Waals surface area (Å²) in [4.78, 5) is 0. The Morgan fingerprint density at radius 3 is 2.41 bits per heavy atom. The first-order chi connectivity index (χ1) is 10.8. The van der Waals surface area contributed by atoms with Gasteiger partial charge in [-0.25, -0.2) is 4.68 Å². The summed E-state index contributed by atoms with van der Waals surface area (Å²) in [5.41, 5.74) is 4.19. The van der Waals surface area contributed by atoms with Gasteiger partial charge < -0.3 is 14.6 Å². The summed E-state index contributed by atoms with van der Waals surface area (Å²) >= 11 is 0. The van der Waals surface area contributed by atoms with Gasteiger partial charge in [0.25, 0.3) is 0 Å². The normalized spacial score (nSPS) is 11.5. The number of nitrogens with zero attached hydrogens (tertiary/aromatic N) is 3. The molecule has 4 aromatic rings. The number of rotatable bonds is 3. The number of benzene rings is 1. The first-order valence-corrected chi connectivity index (χ1v) is 7.11. The zero-order valence-corrected chi connectivity index (χ0v) is 11.8. The van der Waals surface area contributed by atoms with Crippen molar-refractivity contribution in [1.82, 2.24) is 14.2 Å². The van der Waals surface area contributed by atoms with Gasteiger partial charge in [0.05, 0.1) is 30.6 Å². The van der Waals surface area contributed by atoms with E-state index >= 15 is 0 Å². The van der Waals surface area contributed by atoms with Gasteiger partial charge in [-0.2, -0.15) is 5.10 Å². The zero-order valence-electron chi connectivity index (χ0n) is 11.8. The minimum atomic E-state index is -0.130. The third-order valence-electron chi connectivity index (χ3n) is 4.04. The van der Waals surface area contributed by atoms with Crippen LogP contribution in [-0.4, -0.2) is 24.4 Å². The summed E-state index contributed by atoms with van der Waals surface area (Å²) < 4.78 is 3.85. The Balaban J connectivity index is 2.17. The van der Waals surface area contributed by atoms with Gasteiger partial charge in [0.1, 0.15) is 5.65 Å². The van der Waals surface area contributed by atoms with Crippen LogP contribution < -0.4 is 0 Å². The molecule has 0 saturated carbocycles. The molecule has 0 aliphatic carbocycles. The van der Waals surface area contributed by atoms with Crippen molar-refractivity contribution in [2.24, 2.45) is 0 Å². The number of aliphatic hydroxyl groups is 2. The van der Waals surface area contributed by atoms with Crippen molar-refractivity contribution in [3.8, 4) is 5.69 Å². The van der Waals surface area contributed by atoms with E-state index in [1.54, 1.807) is 6.20 Å². The molecule has 2 N–H and O–H groups in total. The molecule has 0 unspecified atom stereocenters. The predicted molar refractivity (Wildman–Crippen MR) is 83.9 cm³/mol. The maximum Gasteiger partial charge on any atom is 0.148 e. The molecule has 3 aromatic heterocycles. The topological polar surface area (TPSA) is 62.7 Å². The highest BCUT2D eigenvalue weighted by atomic mass is 16.3. The Labute approximate surface area is 126 Å². The van der Waals surface area contributed by atoms with Gasteiger partial charge in [-0.1, -0.05) is 18.2 Å². The van der Waals surface area contributed by atoms with E-state index in [4.69, 9.17) is 0 Å². The number of hydrogen-bond donors (Lipinski definition) is 2. The molecular formula is C17H15N3O2. The maximum absolute atomic E-state index is 9.77. The monoisotopic (exact) mass is 293 g/mol. The summed E-state index contributed by atoms with van der Waals surface area (Å²) in [5.74, 6) is 0. The minimum absolute atomic E-state index is 0.115. The van der Waals surface area contributed by atoms with Crippen molar-refractivity contribution in [1.29, 1.82) is 0 Å². The van der Waals surface area contributed by atoms with E-state index in [1.807, 2.05) is 57.7 Å². The highest BCUT2D eigenvalue weighted by Crippen LogP contribution is 2.29. The standard InChI is InChI=1S/C17H15N3O2/c21-10-14-13-9-18-20(12-5-2-1-3-6-12)17(13)19-8-4-7-16(19)15(14)11-22/h1-9,21-22H,10-11H2. The highest BCUT2D eigenvalue weighted by Gasteiger charge is 2.17. The van der Waals surface area contributed by atoms with Crippen LogP contribution in [0.2, 0.25) is 0 Å². The fourth-order valence-electron chi connectivity index (χ4n) is 3.03. The van der Waals surface area contributed by atoms with Crippen LogP contribution in [0.1, 0.15) is 11.1 Å². The highest BCUT2D eigenvalue weighted by molar-refractivity contribution is 5.87. The van der Waals surface area contributed by atoms with Crippen molar-refractivity contribution in [3.63, 3.8) is 0 Å². The zero-order chi connectivity index (χ0) is 15.1. The fourth-order valence-corrected chi connectivity index (χ4v) is 3.03. The average Bonchev–Trinajstić information content (AvgIpc) is 3.20. The molecule has 0 spiro atoms. The van der Waals surface area contributed by atoms with Crippen LogP contribution in [0, 0.1) is 0 Å². The number of hydrogen-bond acceptors (Lipinski definition) is 3. The lowest BCUT2D eigenvalue weighted by Gasteiger charge is -2.12. The minimum Gasteiger partial charge on any atom is -0.392 e. The van der Waals surface area contributed by atoms with E-state index in [9.17, 15) is 10.2 Å². The summed E-state index contributed by atoms with van der Waals surface area (Å²) in [6, 6.07) is 13.7. The number of fused-ring (bicyclic) bond motifs is 3. The van der Waals surface area contributed by atoms with E-state index in [1.165, 1.54) is 0 Å². The second kappa shape index (κ2) is 4.98.